The lowest BCUT2D eigenvalue weighted by molar-refractivity contribution is -0.140. The van der Waals surface area contributed by atoms with Gasteiger partial charge in [-0.1, -0.05) is 66.7 Å². The zero-order valence-corrected chi connectivity index (χ0v) is 20.0. The summed E-state index contributed by atoms with van der Waals surface area (Å²) < 4.78 is 19.0. The zero-order valence-electron chi connectivity index (χ0n) is 20.0. The first-order valence-corrected chi connectivity index (χ1v) is 11.6. The second-order valence-corrected chi connectivity index (χ2v) is 8.34. The molecule has 182 valence electrons. The zero-order chi connectivity index (χ0) is 24.9. The molecular formula is C28H26N4O4. The fourth-order valence-electron chi connectivity index (χ4n) is 4.17. The van der Waals surface area contributed by atoms with Crippen LogP contribution in [-0.2, 0) is 22.7 Å². The minimum atomic E-state index is -0.552. The number of nitrogens with one attached hydrogen (secondary N) is 1. The van der Waals surface area contributed by atoms with Crippen molar-refractivity contribution in [3.05, 3.63) is 113 Å². The van der Waals surface area contributed by atoms with Gasteiger partial charge in [0.2, 0.25) is 5.95 Å². The monoisotopic (exact) mass is 482 g/mol. The molecular weight excluding hydrogens is 456 g/mol. The minimum absolute atomic E-state index is 0.170. The number of ether oxygens (including phenoxy) is 3. The van der Waals surface area contributed by atoms with Crippen molar-refractivity contribution in [3.8, 4) is 11.5 Å². The Morgan fingerprint density at radius 2 is 1.64 bits per heavy atom. The van der Waals surface area contributed by atoms with Gasteiger partial charge < -0.3 is 19.5 Å². The number of carbonyl (C=O) groups is 1. The number of allylic oxidation sites excluding steroid dienone is 1. The number of nitrogens with zero attached hydrogens (tertiary/aromatic N) is 3. The van der Waals surface area contributed by atoms with E-state index in [2.05, 4.69) is 15.4 Å². The van der Waals surface area contributed by atoms with Gasteiger partial charge in [-0.2, -0.15) is 10.1 Å². The molecule has 0 aliphatic carbocycles. The molecule has 8 heteroatoms. The fourth-order valence-corrected chi connectivity index (χ4v) is 4.17. The van der Waals surface area contributed by atoms with Gasteiger partial charge in [0.25, 0.3) is 0 Å². The molecule has 2 heterocycles. The van der Waals surface area contributed by atoms with Gasteiger partial charge in [-0.15, -0.1) is 0 Å². The Labute approximate surface area is 209 Å². The number of carbonyl (C=O) groups excluding carboxylic acids is 1. The maximum atomic E-state index is 13.3. The van der Waals surface area contributed by atoms with E-state index in [9.17, 15) is 4.79 Å². The van der Waals surface area contributed by atoms with E-state index in [1.54, 1.807) is 11.8 Å². The molecule has 0 bridgehead atoms. The van der Waals surface area contributed by atoms with Crippen LogP contribution in [0, 0.1) is 0 Å². The quantitative estimate of drug-likeness (QED) is 0.358. The van der Waals surface area contributed by atoms with E-state index >= 15 is 0 Å². The number of fused-ring (bicyclic) bond motifs is 1. The number of esters is 1. The van der Waals surface area contributed by atoms with Crippen molar-refractivity contribution in [3.63, 3.8) is 0 Å². The van der Waals surface area contributed by atoms with E-state index in [-0.39, 0.29) is 6.61 Å². The number of hydrogen-bond donors (Lipinski definition) is 1. The molecule has 0 spiro atoms. The normalized spacial score (nSPS) is 14.6. The van der Waals surface area contributed by atoms with Crippen LogP contribution in [-0.4, -0.2) is 27.8 Å². The summed E-state index contributed by atoms with van der Waals surface area (Å²) >= 11 is 0. The largest absolute Gasteiger partial charge is 0.493 e. The van der Waals surface area contributed by atoms with E-state index in [0.717, 1.165) is 16.7 Å². The lowest BCUT2D eigenvalue weighted by atomic mass is 9.95. The molecule has 4 aromatic rings. The molecule has 1 aliphatic rings. The molecule has 0 saturated heterocycles. The summed E-state index contributed by atoms with van der Waals surface area (Å²) in [7, 11) is 1.59. The molecule has 3 aromatic carbocycles. The second-order valence-electron chi connectivity index (χ2n) is 8.34. The van der Waals surface area contributed by atoms with Crippen LogP contribution in [0.2, 0.25) is 0 Å². The van der Waals surface area contributed by atoms with Gasteiger partial charge in [-0.25, -0.2) is 9.48 Å². The third-order valence-corrected chi connectivity index (χ3v) is 5.97. The highest BCUT2D eigenvalue weighted by atomic mass is 16.5. The Bertz CT molecular complexity index is 1380. The summed E-state index contributed by atoms with van der Waals surface area (Å²) in [5, 5.41) is 7.54. The molecule has 1 unspecified atom stereocenters. The van der Waals surface area contributed by atoms with Crippen LogP contribution in [0.25, 0.3) is 0 Å². The summed E-state index contributed by atoms with van der Waals surface area (Å²) in [6.45, 7) is 2.41. The van der Waals surface area contributed by atoms with Crippen LogP contribution < -0.4 is 14.8 Å². The van der Waals surface area contributed by atoms with Crippen molar-refractivity contribution in [2.45, 2.75) is 26.2 Å². The van der Waals surface area contributed by atoms with Crippen LogP contribution in [0.15, 0.2) is 96.5 Å². The molecule has 1 aromatic heterocycles. The first-order chi connectivity index (χ1) is 17.6. The standard InChI is InChI=1S/C28H26N4O4/c1-19-25(27(33)36-17-21-11-7-4-8-12-21)26(32-28(31-19)29-18-30-32)22-13-14-23(24(15-22)34-2)35-16-20-9-5-3-6-10-20/h3-15,18,26H,16-17H2,1-2H3,(H,29,30,31). The summed E-state index contributed by atoms with van der Waals surface area (Å²) in [6, 6.07) is 24.6. The topological polar surface area (TPSA) is 87.5 Å². The second kappa shape index (κ2) is 10.4. The van der Waals surface area contributed by atoms with Crippen molar-refractivity contribution >= 4 is 11.9 Å². The highest BCUT2D eigenvalue weighted by molar-refractivity contribution is 5.92. The summed E-state index contributed by atoms with van der Waals surface area (Å²) in [4.78, 5) is 17.6. The molecule has 1 atom stereocenters. The van der Waals surface area contributed by atoms with Crippen molar-refractivity contribution in [2.24, 2.45) is 0 Å². The minimum Gasteiger partial charge on any atom is -0.493 e. The molecule has 1 N–H and O–H groups in total. The lowest BCUT2D eigenvalue weighted by Gasteiger charge is -2.28. The van der Waals surface area contributed by atoms with Crippen LogP contribution >= 0.6 is 0 Å². The number of rotatable bonds is 8. The van der Waals surface area contributed by atoms with Gasteiger partial charge in [0, 0.05) is 5.70 Å². The Morgan fingerprint density at radius 1 is 0.944 bits per heavy atom. The average Bonchev–Trinajstić information content (AvgIpc) is 3.39. The summed E-state index contributed by atoms with van der Waals surface area (Å²) in [5.41, 5.74) is 3.85. The Kier molecular flexibility index (Phi) is 6.66. The van der Waals surface area contributed by atoms with Gasteiger partial charge in [-0.3, -0.25) is 0 Å². The third kappa shape index (κ3) is 4.79. The van der Waals surface area contributed by atoms with Crippen LogP contribution in [0.5, 0.6) is 11.5 Å². The predicted molar refractivity (Wildman–Crippen MR) is 134 cm³/mol. The van der Waals surface area contributed by atoms with E-state index in [1.807, 2.05) is 85.8 Å². The SMILES string of the molecule is COc1cc(C2C(C(=O)OCc3ccccc3)=C(C)Nc3ncnn32)ccc1OCc1ccccc1. The van der Waals surface area contributed by atoms with Crippen molar-refractivity contribution in [1.29, 1.82) is 0 Å². The van der Waals surface area contributed by atoms with E-state index in [1.165, 1.54) is 6.33 Å². The fraction of sp³-hybridized carbons (Fsp3) is 0.179. The third-order valence-electron chi connectivity index (χ3n) is 5.97. The maximum absolute atomic E-state index is 13.3. The molecule has 8 nitrogen and oxygen atoms in total. The van der Waals surface area contributed by atoms with Crippen LogP contribution in [0.1, 0.15) is 29.7 Å². The highest BCUT2D eigenvalue weighted by Gasteiger charge is 2.35. The lowest BCUT2D eigenvalue weighted by Crippen LogP contribution is -2.29. The molecule has 1 aliphatic heterocycles. The molecule has 0 fully saturated rings. The number of methoxy groups -OCH3 is 1. The van der Waals surface area contributed by atoms with Gasteiger partial charge in [0.05, 0.1) is 12.7 Å². The molecule has 0 radical (unpaired) electrons. The smallest absolute Gasteiger partial charge is 0.338 e. The first-order valence-electron chi connectivity index (χ1n) is 11.6. The van der Waals surface area contributed by atoms with Crippen molar-refractivity contribution in [2.75, 3.05) is 12.4 Å². The van der Waals surface area contributed by atoms with Crippen LogP contribution in [0.3, 0.4) is 0 Å². The van der Waals surface area contributed by atoms with E-state index < -0.39 is 12.0 Å². The first kappa shape index (κ1) is 23.2. The van der Waals surface area contributed by atoms with Gasteiger partial charge in [0.1, 0.15) is 25.6 Å². The summed E-state index contributed by atoms with van der Waals surface area (Å²) in [5.74, 6) is 1.27. The molecule has 36 heavy (non-hydrogen) atoms. The Hall–Kier alpha value is -4.59. The van der Waals surface area contributed by atoms with Crippen LogP contribution in [0.4, 0.5) is 5.95 Å². The number of hydrogen-bond acceptors (Lipinski definition) is 7. The number of aromatic nitrogens is 3. The van der Waals surface area contributed by atoms with Gasteiger partial charge in [-0.05, 0) is 35.7 Å². The highest BCUT2D eigenvalue weighted by Crippen LogP contribution is 2.39. The molecule has 5 rings (SSSR count). The number of anilines is 1. The maximum Gasteiger partial charge on any atom is 0.338 e. The molecule has 0 saturated carbocycles. The average molecular weight is 483 g/mol. The van der Waals surface area contributed by atoms with E-state index in [0.29, 0.717) is 35.3 Å². The molecule has 0 amide bonds. The predicted octanol–water partition coefficient (Wildman–Crippen LogP) is 4.90. The summed E-state index contributed by atoms with van der Waals surface area (Å²) in [6.07, 6.45) is 1.45. The Morgan fingerprint density at radius 3 is 2.33 bits per heavy atom. The van der Waals surface area contributed by atoms with Crippen molar-refractivity contribution in [1.82, 2.24) is 14.8 Å². The van der Waals surface area contributed by atoms with E-state index in [4.69, 9.17) is 14.2 Å². The van der Waals surface area contributed by atoms with Crippen molar-refractivity contribution < 1.29 is 19.0 Å². The number of benzene rings is 3. The van der Waals surface area contributed by atoms with Gasteiger partial charge >= 0.3 is 5.97 Å². The Balaban J connectivity index is 1.44. The van der Waals surface area contributed by atoms with Gasteiger partial charge in [0.15, 0.2) is 11.5 Å².